The third-order valence-electron chi connectivity index (χ3n) is 9.18. The van der Waals surface area contributed by atoms with Crippen molar-refractivity contribution >= 4 is 22.5 Å². The van der Waals surface area contributed by atoms with Crippen LogP contribution in [0.15, 0.2) is 24.5 Å². The number of nitrogens with zero attached hydrogens (tertiary/aromatic N) is 7. The van der Waals surface area contributed by atoms with Crippen molar-refractivity contribution in [3.8, 4) is 5.88 Å². The summed E-state index contributed by atoms with van der Waals surface area (Å²) in [7, 11) is 2.18. The number of nitrogens with one attached hydrogen (secondary N) is 1. The second-order valence-corrected chi connectivity index (χ2v) is 12.0. The molecule has 0 aromatic carbocycles. The zero-order valence-electron chi connectivity index (χ0n) is 24.8. The lowest BCUT2D eigenvalue weighted by atomic mass is 9.93. The zero-order valence-corrected chi connectivity index (χ0v) is 24.8. The Morgan fingerprint density at radius 2 is 1.67 bits per heavy atom. The molecule has 3 aromatic rings. The topological polar surface area (TPSA) is 74.6 Å². The zero-order chi connectivity index (χ0) is 30.1. The molecule has 6 rings (SSSR count). The maximum Gasteiger partial charge on any atom is 0.419 e. The van der Waals surface area contributed by atoms with Gasteiger partial charge in [-0.05, 0) is 58.6 Å². The number of hydrogen-bond acceptors (Lipinski definition) is 8. The minimum absolute atomic E-state index is 0.0789. The number of anilines is 2. The Hall–Kier alpha value is -3.19. The van der Waals surface area contributed by atoms with Gasteiger partial charge in [0.25, 0.3) is 5.88 Å². The molecule has 2 saturated heterocycles. The van der Waals surface area contributed by atoms with Crippen molar-refractivity contribution in [2.45, 2.75) is 69.8 Å². The number of aromatic nitrogens is 4. The van der Waals surface area contributed by atoms with Gasteiger partial charge in [0.1, 0.15) is 11.9 Å². The Balaban J connectivity index is 1.17. The molecule has 3 fully saturated rings. The Bertz CT molecular complexity index is 1390. The summed E-state index contributed by atoms with van der Waals surface area (Å²) in [5.41, 5.74) is -0.350. The van der Waals surface area contributed by atoms with Crippen molar-refractivity contribution < 1.29 is 22.3 Å². The van der Waals surface area contributed by atoms with Crippen LogP contribution in [-0.4, -0.2) is 94.6 Å². The summed E-state index contributed by atoms with van der Waals surface area (Å²) in [5, 5.41) is 9.49. The Morgan fingerprint density at radius 3 is 2.35 bits per heavy atom. The molecular formula is C30H40F4N8O. The molecule has 0 atom stereocenters. The quantitative estimate of drug-likeness (QED) is 0.370. The normalized spacial score (nSPS) is 23.2. The van der Waals surface area contributed by atoms with Crippen molar-refractivity contribution in [2.75, 3.05) is 63.1 Å². The van der Waals surface area contributed by atoms with E-state index < -0.39 is 29.5 Å². The lowest BCUT2D eigenvalue weighted by Gasteiger charge is -2.42. The molecule has 13 heteroatoms. The average Bonchev–Trinajstić information content (AvgIpc) is 3.37. The van der Waals surface area contributed by atoms with Crippen LogP contribution in [0.5, 0.6) is 5.88 Å². The first-order chi connectivity index (χ1) is 20.7. The van der Waals surface area contributed by atoms with E-state index in [-0.39, 0.29) is 6.04 Å². The summed E-state index contributed by atoms with van der Waals surface area (Å²) >= 11 is 0. The lowest BCUT2D eigenvalue weighted by Crippen LogP contribution is -2.52. The summed E-state index contributed by atoms with van der Waals surface area (Å²) in [5.74, 6) is -0.304. The number of piperazine rings is 1. The van der Waals surface area contributed by atoms with E-state index >= 15 is 0 Å². The Labute approximate surface area is 249 Å². The van der Waals surface area contributed by atoms with Gasteiger partial charge in [0.2, 0.25) is 0 Å². The maximum absolute atomic E-state index is 14.5. The molecule has 0 radical (unpaired) electrons. The fourth-order valence-electron chi connectivity index (χ4n) is 6.73. The van der Waals surface area contributed by atoms with E-state index in [1.165, 1.54) is 0 Å². The number of halogens is 4. The first-order valence-electron chi connectivity index (χ1n) is 15.4. The molecule has 1 saturated carbocycles. The highest BCUT2D eigenvalue weighted by molar-refractivity contribution is 5.91. The van der Waals surface area contributed by atoms with Gasteiger partial charge < -0.3 is 19.9 Å². The minimum Gasteiger partial charge on any atom is -0.472 e. The van der Waals surface area contributed by atoms with Crippen molar-refractivity contribution in [1.29, 1.82) is 0 Å². The number of pyridine rings is 2. The van der Waals surface area contributed by atoms with Gasteiger partial charge in [0.15, 0.2) is 11.6 Å². The van der Waals surface area contributed by atoms with Crippen molar-refractivity contribution in [2.24, 2.45) is 0 Å². The van der Waals surface area contributed by atoms with Crippen LogP contribution < -0.4 is 15.0 Å². The molecule has 0 bridgehead atoms. The third kappa shape index (κ3) is 6.38. The van der Waals surface area contributed by atoms with Crippen LogP contribution in [0.2, 0.25) is 0 Å². The van der Waals surface area contributed by atoms with Crippen LogP contribution in [0.4, 0.5) is 29.2 Å². The van der Waals surface area contributed by atoms with Gasteiger partial charge in [-0.15, -0.1) is 0 Å². The second-order valence-electron chi connectivity index (χ2n) is 12.0. The summed E-state index contributed by atoms with van der Waals surface area (Å²) in [4.78, 5) is 15.8. The van der Waals surface area contributed by atoms with Crippen LogP contribution in [-0.2, 0) is 6.18 Å². The van der Waals surface area contributed by atoms with Gasteiger partial charge in [0, 0.05) is 70.3 Å². The number of piperidine rings is 1. The Morgan fingerprint density at radius 1 is 0.953 bits per heavy atom. The number of rotatable bonds is 7. The third-order valence-corrected chi connectivity index (χ3v) is 9.18. The van der Waals surface area contributed by atoms with E-state index in [1.54, 1.807) is 0 Å². The predicted molar refractivity (Wildman–Crippen MR) is 157 cm³/mol. The summed E-state index contributed by atoms with van der Waals surface area (Å²) in [6, 6.07) is 3.36. The SMILES string of the molecule is CCNc1cc2c(cn1)c(N1CCC(N3CCN(C)CC3)CC1)nn2C1CCC(Oc2nccc(C(F)(F)F)c2F)CC1. The van der Waals surface area contributed by atoms with Crippen molar-refractivity contribution in [1.82, 2.24) is 29.5 Å². The molecule has 0 amide bonds. The van der Waals surface area contributed by atoms with E-state index in [0.29, 0.717) is 37.8 Å². The molecule has 0 spiro atoms. The fraction of sp³-hybridized carbons (Fsp3) is 0.633. The van der Waals surface area contributed by atoms with E-state index in [1.807, 2.05) is 13.1 Å². The van der Waals surface area contributed by atoms with Crippen molar-refractivity contribution in [3.05, 3.63) is 35.9 Å². The van der Waals surface area contributed by atoms with Crippen LogP contribution >= 0.6 is 0 Å². The van der Waals surface area contributed by atoms with Crippen LogP contribution in [0, 0.1) is 5.82 Å². The highest BCUT2D eigenvalue weighted by Gasteiger charge is 2.37. The van der Waals surface area contributed by atoms with Gasteiger partial charge in [-0.2, -0.15) is 18.3 Å². The molecule has 234 valence electrons. The van der Waals surface area contributed by atoms with E-state index in [2.05, 4.69) is 47.8 Å². The highest BCUT2D eigenvalue weighted by atomic mass is 19.4. The number of ether oxygens (including phenoxy) is 1. The molecule has 1 aliphatic carbocycles. The molecule has 3 aromatic heterocycles. The molecule has 3 aliphatic rings. The summed E-state index contributed by atoms with van der Waals surface area (Å²) in [6.45, 7) is 9.14. The Kier molecular flexibility index (Phi) is 8.63. The van der Waals surface area contributed by atoms with Gasteiger partial charge >= 0.3 is 6.18 Å². The van der Waals surface area contributed by atoms with E-state index in [9.17, 15) is 17.6 Å². The van der Waals surface area contributed by atoms with Crippen LogP contribution in [0.1, 0.15) is 57.1 Å². The molecule has 0 unspecified atom stereocenters. The number of hydrogen-bond donors (Lipinski definition) is 1. The lowest BCUT2D eigenvalue weighted by molar-refractivity contribution is -0.140. The molecule has 5 heterocycles. The molecule has 9 nitrogen and oxygen atoms in total. The first-order valence-corrected chi connectivity index (χ1v) is 15.4. The number of alkyl halides is 3. The molecule has 43 heavy (non-hydrogen) atoms. The largest absolute Gasteiger partial charge is 0.472 e. The molecule has 1 N–H and O–H groups in total. The molecular weight excluding hydrogens is 564 g/mol. The highest BCUT2D eigenvalue weighted by Crippen LogP contribution is 2.38. The van der Waals surface area contributed by atoms with Gasteiger partial charge in [0.05, 0.1) is 22.5 Å². The van der Waals surface area contributed by atoms with Gasteiger partial charge in [-0.25, -0.2) is 14.4 Å². The molecule has 2 aliphatic heterocycles. The standard InChI is InChI=1S/C30H40F4N8O/c1-3-35-26-18-25-23(19-37-26)28(41-12-9-20(10-13-41)40-16-14-39(2)15-17-40)38-42(25)21-4-6-22(7-5-21)43-29-27(31)24(8-11-36-29)30(32,33)34/h8,11,18-22H,3-7,9-10,12-17H2,1-2H3,(H,35,37). The van der Waals surface area contributed by atoms with E-state index in [0.717, 1.165) is 87.4 Å². The summed E-state index contributed by atoms with van der Waals surface area (Å²) in [6.07, 6.45) is 2.34. The predicted octanol–water partition coefficient (Wildman–Crippen LogP) is 5.19. The number of likely N-dealkylation sites (N-methyl/N-ethyl adjacent to an activating group) is 1. The monoisotopic (exact) mass is 604 g/mol. The van der Waals surface area contributed by atoms with Crippen LogP contribution in [0.25, 0.3) is 10.9 Å². The first kappa shape index (κ1) is 29.9. The second kappa shape index (κ2) is 12.4. The van der Waals surface area contributed by atoms with Crippen molar-refractivity contribution in [3.63, 3.8) is 0 Å². The smallest absolute Gasteiger partial charge is 0.419 e. The van der Waals surface area contributed by atoms with Crippen LogP contribution in [0.3, 0.4) is 0 Å². The van der Waals surface area contributed by atoms with Gasteiger partial charge in [-0.1, -0.05) is 0 Å². The fourth-order valence-corrected chi connectivity index (χ4v) is 6.73. The maximum atomic E-state index is 14.5. The summed E-state index contributed by atoms with van der Waals surface area (Å²) < 4.78 is 61.7. The minimum atomic E-state index is -4.80. The average molecular weight is 605 g/mol. The van der Waals surface area contributed by atoms with Gasteiger partial charge in [-0.3, -0.25) is 9.58 Å². The number of fused-ring (bicyclic) bond motifs is 1. The van der Waals surface area contributed by atoms with E-state index in [4.69, 9.17) is 9.84 Å².